The van der Waals surface area contributed by atoms with Gasteiger partial charge < -0.3 is 15.4 Å². The van der Waals surface area contributed by atoms with Crippen molar-refractivity contribution in [3.8, 4) is 5.75 Å². The standard InChI is InChI=1S/C18H22ClN3O/c1-3-20-18(21-12-14-6-4-8-16(19)10-14)22-13-15-7-5-9-17(11-15)23-2/h4-11H,3,12-13H2,1-2H3,(H2,20,21,22). The highest BCUT2D eigenvalue weighted by atomic mass is 35.5. The molecule has 4 nitrogen and oxygen atoms in total. The highest BCUT2D eigenvalue weighted by Crippen LogP contribution is 2.13. The number of guanidine groups is 1. The number of benzene rings is 2. The number of nitrogens with one attached hydrogen (secondary N) is 2. The summed E-state index contributed by atoms with van der Waals surface area (Å²) in [7, 11) is 1.67. The molecule has 0 unspecified atom stereocenters. The van der Waals surface area contributed by atoms with Crippen LogP contribution in [0.15, 0.2) is 53.5 Å². The molecule has 0 spiro atoms. The molecular weight excluding hydrogens is 310 g/mol. The fourth-order valence-corrected chi connectivity index (χ4v) is 2.33. The predicted octanol–water partition coefficient (Wildman–Crippen LogP) is 3.60. The van der Waals surface area contributed by atoms with Crippen LogP contribution < -0.4 is 15.4 Å². The molecule has 0 bridgehead atoms. The monoisotopic (exact) mass is 331 g/mol. The first-order chi connectivity index (χ1) is 11.2. The number of halogens is 1. The van der Waals surface area contributed by atoms with Gasteiger partial charge in [0.05, 0.1) is 13.7 Å². The zero-order chi connectivity index (χ0) is 16.5. The van der Waals surface area contributed by atoms with Crippen LogP contribution in [-0.2, 0) is 13.1 Å². The lowest BCUT2D eigenvalue weighted by atomic mass is 10.2. The minimum absolute atomic E-state index is 0.577. The number of rotatable bonds is 6. The Morgan fingerprint density at radius 1 is 1.09 bits per heavy atom. The van der Waals surface area contributed by atoms with E-state index in [9.17, 15) is 0 Å². The molecule has 0 saturated carbocycles. The van der Waals surface area contributed by atoms with Gasteiger partial charge in [-0.2, -0.15) is 0 Å². The van der Waals surface area contributed by atoms with Gasteiger partial charge in [0.15, 0.2) is 5.96 Å². The highest BCUT2D eigenvalue weighted by Gasteiger charge is 2.00. The number of nitrogens with zero attached hydrogens (tertiary/aromatic N) is 1. The van der Waals surface area contributed by atoms with Crippen LogP contribution in [0.2, 0.25) is 5.02 Å². The summed E-state index contributed by atoms with van der Waals surface area (Å²) in [6.07, 6.45) is 0. The molecule has 0 amide bonds. The number of hydrogen-bond acceptors (Lipinski definition) is 2. The maximum absolute atomic E-state index is 6.00. The maximum atomic E-state index is 6.00. The molecule has 0 fully saturated rings. The fraction of sp³-hybridized carbons (Fsp3) is 0.278. The molecule has 122 valence electrons. The summed E-state index contributed by atoms with van der Waals surface area (Å²) < 4.78 is 5.24. The molecule has 2 aromatic carbocycles. The molecule has 0 aromatic heterocycles. The fourth-order valence-electron chi connectivity index (χ4n) is 2.12. The lowest BCUT2D eigenvalue weighted by Gasteiger charge is -2.12. The van der Waals surface area contributed by atoms with Crippen LogP contribution in [0.1, 0.15) is 18.1 Å². The first-order valence-electron chi connectivity index (χ1n) is 7.61. The summed E-state index contributed by atoms with van der Waals surface area (Å²) in [5, 5.41) is 7.29. The van der Waals surface area contributed by atoms with Gasteiger partial charge in [-0.3, -0.25) is 0 Å². The zero-order valence-electron chi connectivity index (χ0n) is 13.5. The van der Waals surface area contributed by atoms with Crippen molar-refractivity contribution in [3.05, 3.63) is 64.7 Å². The van der Waals surface area contributed by atoms with Gasteiger partial charge in [-0.1, -0.05) is 35.9 Å². The van der Waals surface area contributed by atoms with Crippen LogP contribution in [0.4, 0.5) is 0 Å². The Bertz CT molecular complexity index is 658. The van der Waals surface area contributed by atoms with Crippen molar-refractivity contribution in [3.63, 3.8) is 0 Å². The van der Waals surface area contributed by atoms with Crippen LogP contribution in [0.5, 0.6) is 5.75 Å². The van der Waals surface area contributed by atoms with Gasteiger partial charge in [0.1, 0.15) is 5.75 Å². The predicted molar refractivity (Wildman–Crippen MR) is 96.1 cm³/mol. The van der Waals surface area contributed by atoms with Crippen LogP contribution in [0.25, 0.3) is 0 Å². The summed E-state index contributed by atoms with van der Waals surface area (Å²) in [6, 6.07) is 15.7. The average molecular weight is 332 g/mol. The van der Waals surface area contributed by atoms with E-state index < -0.39 is 0 Å². The summed E-state index contributed by atoms with van der Waals surface area (Å²) in [5.41, 5.74) is 2.22. The van der Waals surface area contributed by atoms with Crippen LogP contribution in [0.3, 0.4) is 0 Å². The first-order valence-corrected chi connectivity index (χ1v) is 7.98. The van der Waals surface area contributed by atoms with E-state index >= 15 is 0 Å². The lowest BCUT2D eigenvalue weighted by molar-refractivity contribution is 0.414. The van der Waals surface area contributed by atoms with Crippen LogP contribution in [-0.4, -0.2) is 19.6 Å². The van der Waals surface area contributed by atoms with E-state index in [0.29, 0.717) is 13.1 Å². The molecule has 0 aliphatic heterocycles. The molecule has 2 N–H and O–H groups in total. The van der Waals surface area contributed by atoms with Crippen molar-refractivity contribution in [2.75, 3.05) is 13.7 Å². The summed E-state index contributed by atoms with van der Waals surface area (Å²) in [6.45, 7) is 4.11. The van der Waals surface area contributed by atoms with Crippen molar-refractivity contribution in [1.29, 1.82) is 0 Å². The summed E-state index contributed by atoms with van der Waals surface area (Å²) in [4.78, 5) is 4.59. The van der Waals surface area contributed by atoms with E-state index in [1.54, 1.807) is 7.11 Å². The van der Waals surface area contributed by atoms with E-state index in [1.165, 1.54) is 0 Å². The molecule has 0 saturated heterocycles. The van der Waals surface area contributed by atoms with Gasteiger partial charge in [-0.25, -0.2) is 4.99 Å². The van der Waals surface area contributed by atoms with Gasteiger partial charge in [0, 0.05) is 18.1 Å². The molecule has 0 aliphatic carbocycles. The Hall–Kier alpha value is -2.20. The SMILES string of the molecule is CCNC(=NCc1cccc(Cl)c1)NCc1cccc(OC)c1. The van der Waals surface area contributed by atoms with Crippen molar-refractivity contribution in [1.82, 2.24) is 10.6 Å². The molecule has 2 rings (SSSR count). The Morgan fingerprint density at radius 2 is 1.87 bits per heavy atom. The quantitative estimate of drug-likeness (QED) is 0.628. The van der Waals surface area contributed by atoms with Crippen LogP contribution >= 0.6 is 11.6 Å². The summed E-state index contributed by atoms with van der Waals surface area (Å²) in [5.74, 6) is 1.63. The van der Waals surface area contributed by atoms with Crippen molar-refractivity contribution in [2.45, 2.75) is 20.0 Å². The van der Waals surface area contributed by atoms with Gasteiger partial charge in [-0.15, -0.1) is 0 Å². The highest BCUT2D eigenvalue weighted by molar-refractivity contribution is 6.30. The second-order valence-corrected chi connectivity index (χ2v) is 5.47. The third-order valence-corrected chi connectivity index (χ3v) is 3.48. The van der Waals surface area contributed by atoms with Gasteiger partial charge in [0.2, 0.25) is 0 Å². The van der Waals surface area contributed by atoms with Gasteiger partial charge in [-0.05, 0) is 42.3 Å². The van der Waals surface area contributed by atoms with Crippen LogP contribution in [0, 0.1) is 0 Å². The smallest absolute Gasteiger partial charge is 0.191 e. The largest absolute Gasteiger partial charge is 0.497 e. The molecule has 0 heterocycles. The number of hydrogen-bond donors (Lipinski definition) is 2. The second kappa shape index (κ2) is 9.06. The number of aliphatic imine (C=N–C) groups is 1. The third-order valence-electron chi connectivity index (χ3n) is 3.25. The second-order valence-electron chi connectivity index (χ2n) is 5.03. The maximum Gasteiger partial charge on any atom is 0.191 e. The Morgan fingerprint density at radius 3 is 2.61 bits per heavy atom. The van der Waals surface area contributed by atoms with E-state index in [-0.39, 0.29) is 0 Å². The van der Waals surface area contributed by atoms with E-state index in [4.69, 9.17) is 16.3 Å². The Kier molecular flexibility index (Phi) is 6.76. The minimum atomic E-state index is 0.577. The van der Waals surface area contributed by atoms with E-state index in [2.05, 4.69) is 21.7 Å². The average Bonchev–Trinajstić information content (AvgIpc) is 2.57. The topological polar surface area (TPSA) is 45.7 Å². The number of ether oxygens (including phenoxy) is 1. The normalized spacial score (nSPS) is 11.2. The van der Waals surface area contributed by atoms with Gasteiger partial charge >= 0.3 is 0 Å². The lowest BCUT2D eigenvalue weighted by Crippen LogP contribution is -2.36. The minimum Gasteiger partial charge on any atom is -0.497 e. The molecule has 2 aromatic rings. The van der Waals surface area contributed by atoms with Crippen molar-refractivity contribution >= 4 is 17.6 Å². The Labute approximate surface area is 142 Å². The third kappa shape index (κ3) is 5.83. The zero-order valence-corrected chi connectivity index (χ0v) is 14.2. The van der Waals surface area contributed by atoms with E-state index in [0.717, 1.165) is 34.4 Å². The van der Waals surface area contributed by atoms with Crippen molar-refractivity contribution in [2.24, 2.45) is 4.99 Å². The van der Waals surface area contributed by atoms with Gasteiger partial charge in [0.25, 0.3) is 0 Å². The molecule has 5 heteroatoms. The molecule has 0 aliphatic rings. The summed E-state index contributed by atoms with van der Waals surface area (Å²) >= 11 is 6.00. The Balaban J connectivity index is 1.98. The van der Waals surface area contributed by atoms with E-state index in [1.807, 2.05) is 49.4 Å². The number of methoxy groups -OCH3 is 1. The first kappa shape index (κ1) is 17.2. The molecule has 0 radical (unpaired) electrons. The van der Waals surface area contributed by atoms with Crippen molar-refractivity contribution < 1.29 is 4.74 Å². The molecular formula is C18H22ClN3O. The molecule has 0 atom stereocenters. The molecule has 23 heavy (non-hydrogen) atoms.